The van der Waals surface area contributed by atoms with Crippen molar-refractivity contribution in [3.05, 3.63) is 0 Å². The topological polar surface area (TPSA) is 41.6 Å². The minimum atomic E-state index is 0.0173. The number of hydrogen-bond donors (Lipinski definition) is 1. The summed E-state index contributed by atoms with van der Waals surface area (Å²) in [6, 6.07) is 0.493. The SMILES string of the molecule is CC(C)CC(C)N(C)C(=O)NC1CCOC1. The second kappa shape index (κ2) is 6.09. The van der Waals surface area contributed by atoms with Crippen molar-refractivity contribution >= 4 is 6.03 Å². The summed E-state index contributed by atoms with van der Waals surface area (Å²) in [5.74, 6) is 0.611. The van der Waals surface area contributed by atoms with E-state index in [1.807, 2.05) is 7.05 Å². The Morgan fingerprint density at radius 2 is 2.19 bits per heavy atom. The lowest BCUT2D eigenvalue weighted by atomic mass is 10.0. The van der Waals surface area contributed by atoms with E-state index >= 15 is 0 Å². The Morgan fingerprint density at radius 1 is 1.50 bits per heavy atom. The highest BCUT2D eigenvalue weighted by Crippen LogP contribution is 2.10. The Kier molecular flexibility index (Phi) is 5.06. The highest BCUT2D eigenvalue weighted by molar-refractivity contribution is 5.74. The molecule has 1 heterocycles. The lowest BCUT2D eigenvalue weighted by Gasteiger charge is -2.27. The molecule has 2 atom stereocenters. The van der Waals surface area contributed by atoms with Crippen LogP contribution in [0.3, 0.4) is 0 Å². The molecule has 0 bridgehead atoms. The van der Waals surface area contributed by atoms with E-state index < -0.39 is 0 Å². The van der Waals surface area contributed by atoms with Gasteiger partial charge in [-0.2, -0.15) is 0 Å². The van der Waals surface area contributed by atoms with Crippen molar-refractivity contribution in [3.8, 4) is 0 Å². The molecule has 2 amide bonds. The van der Waals surface area contributed by atoms with Gasteiger partial charge in [0.25, 0.3) is 0 Å². The van der Waals surface area contributed by atoms with Crippen LogP contribution < -0.4 is 5.32 Å². The number of ether oxygens (including phenoxy) is 1. The van der Waals surface area contributed by atoms with Crippen LogP contribution in [0.4, 0.5) is 4.79 Å². The van der Waals surface area contributed by atoms with Gasteiger partial charge in [0.2, 0.25) is 0 Å². The van der Waals surface area contributed by atoms with E-state index in [0.717, 1.165) is 19.4 Å². The van der Waals surface area contributed by atoms with Gasteiger partial charge in [-0.1, -0.05) is 13.8 Å². The van der Waals surface area contributed by atoms with Crippen LogP contribution in [0.15, 0.2) is 0 Å². The molecule has 1 saturated heterocycles. The van der Waals surface area contributed by atoms with Crippen LogP contribution in [0.1, 0.15) is 33.6 Å². The minimum absolute atomic E-state index is 0.0173. The molecule has 1 aliphatic rings. The molecule has 0 aromatic rings. The predicted molar refractivity (Wildman–Crippen MR) is 64.4 cm³/mol. The summed E-state index contributed by atoms with van der Waals surface area (Å²) in [6.07, 6.45) is 1.96. The third-order valence-electron chi connectivity index (χ3n) is 3.05. The Balaban J connectivity index is 2.33. The maximum Gasteiger partial charge on any atom is 0.317 e. The van der Waals surface area contributed by atoms with Gasteiger partial charge in [-0.05, 0) is 25.7 Å². The zero-order chi connectivity index (χ0) is 12.1. The summed E-state index contributed by atoms with van der Waals surface area (Å²) in [4.78, 5) is 13.7. The van der Waals surface area contributed by atoms with Gasteiger partial charge in [-0.3, -0.25) is 0 Å². The molecule has 1 N–H and O–H groups in total. The van der Waals surface area contributed by atoms with Gasteiger partial charge in [-0.15, -0.1) is 0 Å². The number of carbonyl (C=O) groups excluding carboxylic acids is 1. The van der Waals surface area contributed by atoms with E-state index in [1.54, 1.807) is 4.90 Å². The van der Waals surface area contributed by atoms with Crippen molar-refractivity contribution in [2.45, 2.75) is 45.7 Å². The van der Waals surface area contributed by atoms with Gasteiger partial charge in [-0.25, -0.2) is 4.79 Å². The maximum atomic E-state index is 11.9. The van der Waals surface area contributed by atoms with Crippen LogP contribution in [0.5, 0.6) is 0 Å². The first kappa shape index (κ1) is 13.3. The van der Waals surface area contributed by atoms with E-state index in [-0.39, 0.29) is 18.1 Å². The normalized spacial score (nSPS) is 22.2. The molecule has 0 saturated carbocycles. The maximum absolute atomic E-state index is 11.9. The third-order valence-corrected chi connectivity index (χ3v) is 3.05. The Bertz CT molecular complexity index is 225. The van der Waals surface area contributed by atoms with Crippen molar-refractivity contribution in [2.24, 2.45) is 5.92 Å². The van der Waals surface area contributed by atoms with Crippen LogP contribution in [0.25, 0.3) is 0 Å². The standard InChI is InChI=1S/C12H24N2O2/c1-9(2)7-10(3)14(4)12(15)13-11-5-6-16-8-11/h9-11H,5-8H2,1-4H3,(H,13,15). The van der Waals surface area contributed by atoms with Crippen molar-refractivity contribution in [2.75, 3.05) is 20.3 Å². The lowest BCUT2D eigenvalue weighted by molar-refractivity contribution is 0.172. The number of amides is 2. The summed E-state index contributed by atoms with van der Waals surface area (Å²) in [7, 11) is 1.86. The summed E-state index contributed by atoms with van der Waals surface area (Å²) in [6.45, 7) is 7.85. The first-order chi connectivity index (χ1) is 7.50. The van der Waals surface area contributed by atoms with Crippen molar-refractivity contribution in [1.82, 2.24) is 10.2 Å². The summed E-state index contributed by atoms with van der Waals surface area (Å²) < 4.78 is 5.23. The zero-order valence-corrected chi connectivity index (χ0v) is 10.8. The largest absolute Gasteiger partial charge is 0.379 e. The monoisotopic (exact) mass is 228 g/mol. The molecule has 4 heteroatoms. The highest BCUT2D eigenvalue weighted by atomic mass is 16.5. The van der Waals surface area contributed by atoms with Crippen LogP contribution in [0.2, 0.25) is 0 Å². The van der Waals surface area contributed by atoms with E-state index in [0.29, 0.717) is 12.5 Å². The van der Waals surface area contributed by atoms with Gasteiger partial charge < -0.3 is 15.0 Å². The fourth-order valence-corrected chi connectivity index (χ4v) is 1.97. The second-order valence-corrected chi connectivity index (χ2v) is 5.10. The molecule has 2 unspecified atom stereocenters. The number of urea groups is 1. The molecule has 1 aliphatic heterocycles. The van der Waals surface area contributed by atoms with Crippen LogP contribution in [-0.4, -0.2) is 43.3 Å². The van der Waals surface area contributed by atoms with Crippen molar-refractivity contribution in [3.63, 3.8) is 0 Å². The molecule has 94 valence electrons. The lowest BCUT2D eigenvalue weighted by Crippen LogP contribution is -2.47. The quantitative estimate of drug-likeness (QED) is 0.798. The van der Waals surface area contributed by atoms with Crippen LogP contribution in [0, 0.1) is 5.92 Å². The summed E-state index contributed by atoms with van der Waals surface area (Å²) in [5.41, 5.74) is 0. The highest BCUT2D eigenvalue weighted by Gasteiger charge is 2.22. The van der Waals surface area contributed by atoms with Crippen molar-refractivity contribution in [1.29, 1.82) is 0 Å². The van der Waals surface area contributed by atoms with E-state index in [1.165, 1.54) is 0 Å². The number of nitrogens with one attached hydrogen (secondary N) is 1. The first-order valence-corrected chi connectivity index (χ1v) is 6.11. The van der Waals surface area contributed by atoms with E-state index in [9.17, 15) is 4.79 Å². The van der Waals surface area contributed by atoms with E-state index in [4.69, 9.17) is 4.74 Å². The minimum Gasteiger partial charge on any atom is -0.379 e. The molecule has 1 rings (SSSR count). The Morgan fingerprint density at radius 3 is 2.69 bits per heavy atom. The van der Waals surface area contributed by atoms with Gasteiger partial charge in [0.05, 0.1) is 12.6 Å². The Hall–Kier alpha value is -0.770. The molecule has 0 aromatic carbocycles. The van der Waals surface area contributed by atoms with Gasteiger partial charge in [0.1, 0.15) is 0 Å². The first-order valence-electron chi connectivity index (χ1n) is 6.11. The molecule has 0 radical (unpaired) electrons. The molecule has 4 nitrogen and oxygen atoms in total. The molecular weight excluding hydrogens is 204 g/mol. The van der Waals surface area contributed by atoms with Crippen LogP contribution in [-0.2, 0) is 4.74 Å². The molecular formula is C12H24N2O2. The zero-order valence-electron chi connectivity index (χ0n) is 10.8. The summed E-state index contributed by atoms with van der Waals surface area (Å²) in [5, 5.41) is 2.99. The van der Waals surface area contributed by atoms with Gasteiger partial charge >= 0.3 is 6.03 Å². The molecule has 0 spiro atoms. The Labute approximate surface area is 98.3 Å². The third kappa shape index (κ3) is 4.00. The van der Waals surface area contributed by atoms with Gasteiger partial charge in [0, 0.05) is 19.7 Å². The molecule has 1 fully saturated rings. The van der Waals surface area contributed by atoms with Crippen molar-refractivity contribution < 1.29 is 9.53 Å². The number of hydrogen-bond acceptors (Lipinski definition) is 2. The average Bonchev–Trinajstić information content (AvgIpc) is 2.68. The van der Waals surface area contributed by atoms with Crippen LogP contribution >= 0.6 is 0 Å². The molecule has 16 heavy (non-hydrogen) atoms. The summed E-state index contributed by atoms with van der Waals surface area (Å²) >= 11 is 0. The smallest absolute Gasteiger partial charge is 0.317 e. The average molecular weight is 228 g/mol. The number of carbonyl (C=O) groups is 1. The van der Waals surface area contributed by atoms with E-state index in [2.05, 4.69) is 26.1 Å². The fourth-order valence-electron chi connectivity index (χ4n) is 1.97. The number of nitrogens with zero attached hydrogens (tertiary/aromatic N) is 1. The van der Waals surface area contributed by atoms with Gasteiger partial charge in [0.15, 0.2) is 0 Å². The predicted octanol–water partition coefficient (Wildman–Crippen LogP) is 1.85. The molecule has 0 aromatic heterocycles. The molecule has 0 aliphatic carbocycles. The fraction of sp³-hybridized carbons (Fsp3) is 0.917. The number of rotatable bonds is 4. The second-order valence-electron chi connectivity index (χ2n) is 5.10.